The van der Waals surface area contributed by atoms with Crippen LogP contribution in [0.5, 0.6) is 0 Å². The van der Waals surface area contributed by atoms with Gasteiger partial charge in [0.15, 0.2) is 0 Å². The lowest BCUT2D eigenvalue weighted by Crippen LogP contribution is -2.40. The van der Waals surface area contributed by atoms with Gasteiger partial charge < -0.3 is 10.4 Å². The molecule has 2 N–H and O–H groups in total. The van der Waals surface area contributed by atoms with E-state index in [0.29, 0.717) is 18.6 Å². The number of aliphatic hydroxyl groups is 1. The largest absolute Gasteiger partial charge is 0.396 e. The van der Waals surface area contributed by atoms with Crippen LogP contribution in [0.2, 0.25) is 0 Å². The van der Waals surface area contributed by atoms with Crippen LogP contribution in [-0.4, -0.2) is 24.3 Å². The van der Waals surface area contributed by atoms with E-state index in [9.17, 15) is 0 Å². The van der Waals surface area contributed by atoms with Crippen molar-refractivity contribution < 1.29 is 5.11 Å². The fourth-order valence-electron chi connectivity index (χ4n) is 2.93. The summed E-state index contributed by atoms with van der Waals surface area (Å²) in [7, 11) is 0. The van der Waals surface area contributed by atoms with Gasteiger partial charge in [-0.15, -0.1) is 0 Å². The van der Waals surface area contributed by atoms with Crippen LogP contribution >= 0.6 is 0 Å². The zero-order valence-electron chi connectivity index (χ0n) is 12.2. The molecule has 1 aliphatic carbocycles. The second-order valence-corrected chi connectivity index (χ2v) is 6.11. The summed E-state index contributed by atoms with van der Waals surface area (Å²) in [5.41, 5.74) is 2.97. The van der Waals surface area contributed by atoms with Crippen LogP contribution in [0.4, 0.5) is 0 Å². The second-order valence-electron chi connectivity index (χ2n) is 6.11. The molecule has 2 nitrogen and oxygen atoms in total. The normalized spacial score (nSPS) is 23.9. The quantitative estimate of drug-likeness (QED) is 0.739. The van der Waals surface area contributed by atoms with Gasteiger partial charge >= 0.3 is 0 Å². The third-order valence-corrected chi connectivity index (χ3v) is 4.38. The van der Waals surface area contributed by atoms with Gasteiger partial charge in [-0.3, -0.25) is 0 Å². The highest BCUT2D eigenvalue weighted by molar-refractivity contribution is 5.31. The van der Waals surface area contributed by atoms with E-state index < -0.39 is 0 Å². The zero-order chi connectivity index (χ0) is 13.7. The summed E-state index contributed by atoms with van der Waals surface area (Å²) in [6.07, 6.45) is 4.85. The third kappa shape index (κ3) is 4.05. The Bertz CT molecular complexity index is 385. The first-order valence-electron chi connectivity index (χ1n) is 7.60. The molecule has 106 valence electrons. The number of rotatable bonds is 7. The highest BCUT2D eigenvalue weighted by atomic mass is 16.3. The van der Waals surface area contributed by atoms with Crippen molar-refractivity contribution in [2.75, 3.05) is 13.2 Å². The van der Waals surface area contributed by atoms with Crippen molar-refractivity contribution in [3.63, 3.8) is 0 Å². The predicted octanol–water partition coefficient (Wildman–Crippen LogP) is 3.24. The first-order valence-corrected chi connectivity index (χ1v) is 7.60. The number of aryl methyl sites for hydroxylation is 1. The lowest BCUT2D eigenvalue weighted by molar-refractivity contribution is 0.225. The molecule has 1 atom stereocenters. The van der Waals surface area contributed by atoms with Crippen molar-refractivity contribution >= 4 is 0 Å². The third-order valence-electron chi connectivity index (χ3n) is 4.38. The molecule has 0 saturated heterocycles. The molecule has 0 radical (unpaired) electrons. The van der Waals surface area contributed by atoms with E-state index in [2.05, 4.69) is 43.4 Å². The van der Waals surface area contributed by atoms with Crippen LogP contribution < -0.4 is 5.32 Å². The van der Waals surface area contributed by atoms with Crippen molar-refractivity contribution in [2.45, 2.75) is 51.5 Å². The first-order chi connectivity index (χ1) is 9.20. The fraction of sp³-hybridized carbons (Fsp3) is 0.647. The molecular formula is C17H27NO. The van der Waals surface area contributed by atoms with Crippen LogP contribution in [0.1, 0.15) is 49.7 Å². The second kappa shape index (κ2) is 7.06. The van der Waals surface area contributed by atoms with Crippen LogP contribution in [0.25, 0.3) is 0 Å². The Labute approximate surface area is 117 Å². The van der Waals surface area contributed by atoms with Crippen molar-refractivity contribution in [2.24, 2.45) is 5.92 Å². The molecule has 0 amide bonds. The number of hydrogen-bond donors (Lipinski definition) is 2. The van der Waals surface area contributed by atoms with Gasteiger partial charge in [-0.2, -0.15) is 0 Å². The van der Waals surface area contributed by atoms with Gasteiger partial charge in [-0.1, -0.05) is 31.2 Å². The highest BCUT2D eigenvalue weighted by Gasteiger charge is 2.30. The number of benzene rings is 1. The molecule has 1 aliphatic rings. The molecule has 2 rings (SSSR count). The molecule has 1 unspecified atom stereocenters. The predicted molar refractivity (Wildman–Crippen MR) is 80.4 cm³/mol. The van der Waals surface area contributed by atoms with E-state index in [1.165, 1.54) is 30.4 Å². The van der Waals surface area contributed by atoms with Gasteiger partial charge in [-0.05, 0) is 62.1 Å². The average Bonchev–Trinajstić information content (AvgIpc) is 2.37. The Balaban J connectivity index is 1.63. The van der Waals surface area contributed by atoms with Crippen LogP contribution in [-0.2, 0) is 0 Å². The molecule has 1 saturated carbocycles. The number of nitrogens with one attached hydrogen (secondary N) is 1. The smallest absolute Gasteiger partial charge is 0.0456 e. The Kier molecular flexibility index (Phi) is 5.41. The van der Waals surface area contributed by atoms with E-state index in [1.54, 1.807) is 0 Å². The minimum atomic E-state index is 0.318. The summed E-state index contributed by atoms with van der Waals surface area (Å²) in [4.78, 5) is 0. The van der Waals surface area contributed by atoms with E-state index in [0.717, 1.165) is 18.9 Å². The summed E-state index contributed by atoms with van der Waals surface area (Å²) in [6.45, 7) is 5.73. The minimum Gasteiger partial charge on any atom is -0.396 e. The van der Waals surface area contributed by atoms with E-state index in [-0.39, 0.29) is 0 Å². The van der Waals surface area contributed by atoms with Crippen molar-refractivity contribution in [3.05, 3.63) is 35.4 Å². The maximum atomic E-state index is 8.97. The Morgan fingerprint density at radius 3 is 2.74 bits per heavy atom. The number of hydrogen-bond acceptors (Lipinski definition) is 2. The lowest BCUT2D eigenvalue weighted by Gasteiger charge is -2.37. The molecule has 1 aromatic carbocycles. The monoisotopic (exact) mass is 261 g/mol. The van der Waals surface area contributed by atoms with Gasteiger partial charge in [0.25, 0.3) is 0 Å². The summed E-state index contributed by atoms with van der Waals surface area (Å²) in [5.74, 6) is 1.21. The molecule has 0 heterocycles. The Morgan fingerprint density at radius 2 is 2.05 bits per heavy atom. The van der Waals surface area contributed by atoms with E-state index in [1.807, 2.05) is 0 Å². The Hall–Kier alpha value is -0.860. The van der Waals surface area contributed by atoms with Crippen LogP contribution in [0, 0.1) is 12.8 Å². The van der Waals surface area contributed by atoms with E-state index in [4.69, 9.17) is 5.11 Å². The van der Waals surface area contributed by atoms with Gasteiger partial charge in [0, 0.05) is 12.6 Å². The van der Waals surface area contributed by atoms with Gasteiger partial charge in [0.1, 0.15) is 0 Å². The Morgan fingerprint density at radius 1 is 1.32 bits per heavy atom. The lowest BCUT2D eigenvalue weighted by atomic mass is 9.74. The molecular weight excluding hydrogens is 234 g/mol. The molecule has 0 aliphatic heterocycles. The summed E-state index contributed by atoms with van der Waals surface area (Å²) >= 11 is 0. The van der Waals surface area contributed by atoms with Crippen molar-refractivity contribution in [3.8, 4) is 0 Å². The molecule has 0 spiro atoms. The van der Waals surface area contributed by atoms with Crippen LogP contribution in [0.15, 0.2) is 24.3 Å². The van der Waals surface area contributed by atoms with Crippen LogP contribution in [0.3, 0.4) is 0 Å². The van der Waals surface area contributed by atoms with Gasteiger partial charge in [0.05, 0.1) is 0 Å². The molecule has 1 fully saturated rings. The average molecular weight is 261 g/mol. The van der Waals surface area contributed by atoms with Gasteiger partial charge in [-0.25, -0.2) is 0 Å². The fourth-order valence-corrected chi connectivity index (χ4v) is 2.93. The van der Waals surface area contributed by atoms with Gasteiger partial charge in [0.2, 0.25) is 0 Å². The molecule has 0 bridgehead atoms. The van der Waals surface area contributed by atoms with E-state index >= 15 is 0 Å². The van der Waals surface area contributed by atoms with Crippen molar-refractivity contribution in [1.82, 2.24) is 5.32 Å². The summed E-state index contributed by atoms with van der Waals surface area (Å²) in [5, 5.41) is 12.6. The number of aliphatic hydroxyl groups excluding tert-OH is 1. The molecule has 0 aromatic heterocycles. The molecule has 2 heteroatoms. The maximum Gasteiger partial charge on any atom is 0.0456 e. The topological polar surface area (TPSA) is 32.3 Å². The molecule has 19 heavy (non-hydrogen) atoms. The minimum absolute atomic E-state index is 0.318. The highest BCUT2D eigenvalue weighted by Crippen LogP contribution is 2.38. The summed E-state index contributed by atoms with van der Waals surface area (Å²) < 4.78 is 0. The molecule has 1 aromatic rings. The first kappa shape index (κ1) is 14.5. The summed E-state index contributed by atoms with van der Waals surface area (Å²) in [6, 6.07) is 9.47. The van der Waals surface area contributed by atoms with Crippen molar-refractivity contribution in [1.29, 1.82) is 0 Å². The standard InChI is InChI=1S/C17H27NO/c1-13(12-19)6-5-9-18-16-10-15(11-16)17-8-4-3-7-14(17)2/h3-4,7-8,13,15-16,18-19H,5-6,9-12H2,1-2H3. The zero-order valence-corrected chi connectivity index (χ0v) is 12.2. The SMILES string of the molecule is Cc1ccccc1C1CC(NCCCC(C)CO)C1. The maximum absolute atomic E-state index is 8.97.